The second-order valence-electron chi connectivity index (χ2n) is 3.48. The molecule has 66 valence electrons. The van der Waals surface area contributed by atoms with Gasteiger partial charge in [0.1, 0.15) is 0 Å². The first-order valence-corrected chi connectivity index (χ1v) is 5.47. The van der Waals surface area contributed by atoms with Gasteiger partial charge in [-0.25, -0.2) is 0 Å². The van der Waals surface area contributed by atoms with Crippen molar-refractivity contribution in [1.82, 2.24) is 0 Å². The molecule has 0 heterocycles. The van der Waals surface area contributed by atoms with Gasteiger partial charge in [-0.2, -0.15) is 0 Å². The first-order valence-electron chi connectivity index (χ1n) is 4.04. The maximum atomic E-state index is 10.8. The van der Waals surface area contributed by atoms with Crippen LogP contribution in [0.15, 0.2) is 0 Å². The SMILES string of the molecule is CC[C@H]1C[C@@]1(N)C(C)[PH](=O)O. The van der Waals surface area contributed by atoms with Crippen LogP contribution in [-0.2, 0) is 4.57 Å². The molecule has 0 radical (unpaired) electrons. The van der Waals surface area contributed by atoms with Gasteiger partial charge in [0.25, 0.3) is 0 Å². The van der Waals surface area contributed by atoms with Gasteiger partial charge in [0.2, 0.25) is 0 Å². The van der Waals surface area contributed by atoms with Crippen molar-refractivity contribution in [3.63, 3.8) is 0 Å². The summed E-state index contributed by atoms with van der Waals surface area (Å²) < 4.78 is 10.8. The Balaban J connectivity index is 2.56. The molecule has 1 saturated carbocycles. The Morgan fingerprint density at radius 1 is 1.91 bits per heavy atom. The zero-order valence-electron chi connectivity index (χ0n) is 7.00. The fourth-order valence-electron chi connectivity index (χ4n) is 1.65. The molecule has 3 N–H and O–H groups in total. The van der Waals surface area contributed by atoms with Gasteiger partial charge in [-0.3, -0.25) is 4.57 Å². The van der Waals surface area contributed by atoms with Crippen LogP contribution in [0.4, 0.5) is 0 Å². The number of nitrogens with two attached hydrogens (primary N) is 1. The summed E-state index contributed by atoms with van der Waals surface area (Å²) in [4.78, 5) is 8.88. The molecule has 0 aromatic rings. The summed E-state index contributed by atoms with van der Waals surface area (Å²) in [5, 5.41) is 0. The summed E-state index contributed by atoms with van der Waals surface area (Å²) in [5.74, 6) is 0.471. The zero-order chi connectivity index (χ0) is 8.65. The molecule has 0 spiro atoms. The van der Waals surface area contributed by atoms with Gasteiger partial charge in [-0.15, -0.1) is 0 Å². The standard InChI is InChI=1S/C7H16NO2P/c1-3-6-4-7(6,8)5(2)11(9)10/h5-6,11H,3-4,8H2,1-2H3,(H,9,10)/t5?,6-,7+/m0/s1. The maximum absolute atomic E-state index is 10.8. The highest BCUT2D eigenvalue weighted by Crippen LogP contribution is 2.51. The largest absolute Gasteiger partial charge is 0.346 e. The van der Waals surface area contributed by atoms with E-state index in [0.717, 1.165) is 12.8 Å². The molecule has 1 aliphatic rings. The Morgan fingerprint density at radius 2 is 2.45 bits per heavy atom. The Labute approximate surface area is 67.8 Å². The summed E-state index contributed by atoms with van der Waals surface area (Å²) in [6, 6.07) is 0. The molecule has 4 heteroatoms. The van der Waals surface area contributed by atoms with E-state index < -0.39 is 8.03 Å². The highest BCUT2D eigenvalue weighted by Gasteiger charge is 2.54. The van der Waals surface area contributed by atoms with E-state index in [1.807, 2.05) is 0 Å². The summed E-state index contributed by atoms with van der Waals surface area (Å²) >= 11 is 0. The van der Waals surface area contributed by atoms with Gasteiger partial charge in [0.05, 0.1) is 0 Å². The van der Waals surface area contributed by atoms with E-state index in [2.05, 4.69) is 6.92 Å². The van der Waals surface area contributed by atoms with E-state index in [-0.39, 0.29) is 11.2 Å². The lowest BCUT2D eigenvalue weighted by molar-refractivity contribution is 0.464. The van der Waals surface area contributed by atoms with Crippen molar-refractivity contribution in [1.29, 1.82) is 0 Å². The van der Waals surface area contributed by atoms with E-state index >= 15 is 0 Å². The molecule has 1 rings (SSSR count). The molecule has 2 unspecified atom stereocenters. The Kier molecular flexibility index (Phi) is 2.43. The van der Waals surface area contributed by atoms with Crippen molar-refractivity contribution < 1.29 is 9.46 Å². The third kappa shape index (κ3) is 1.51. The van der Waals surface area contributed by atoms with E-state index in [1.54, 1.807) is 6.92 Å². The van der Waals surface area contributed by atoms with Crippen LogP contribution in [0, 0.1) is 5.92 Å². The zero-order valence-corrected chi connectivity index (χ0v) is 8.00. The predicted molar refractivity (Wildman–Crippen MR) is 46.0 cm³/mol. The first-order chi connectivity index (χ1) is 5.02. The molecule has 0 aromatic heterocycles. The molecule has 0 bridgehead atoms. The highest BCUT2D eigenvalue weighted by molar-refractivity contribution is 7.39. The fraction of sp³-hybridized carbons (Fsp3) is 1.00. The lowest BCUT2D eigenvalue weighted by Gasteiger charge is -2.16. The third-order valence-corrected chi connectivity index (χ3v) is 4.15. The molecule has 4 atom stereocenters. The minimum Gasteiger partial charge on any atom is -0.346 e. The minimum atomic E-state index is -2.42. The van der Waals surface area contributed by atoms with Crippen molar-refractivity contribution >= 4 is 8.03 Å². The maximum Gasteiger partial charge on any atom is 0.193 e. The van der Waals surface area contributed by atoms with Crippen LogP contribution >= 0.6 is 8.03 Å². The topological polar surface area (TPSA) is 63.3 Å². The second kappa shape index (κ2) is 2.89. The van der Waals surface area contributed by atoms with Crippen LogP contribution in [0.1, 0.15) is 26.7 Å². The monoisotopic (exact) mass is 177 g/mol. The smallest absolute Gasteiger partial charge is 0.193 e. The fourth-order valence-corrected chi connectivity index (χ4v) is 2.47. The number of rotatable bonds is 3. The second-order valence-corrected chi connectivity index (χ2v) is 5.02. The molecule has 11 heavy (non-hydrogen) atoms. The lowest BCUT2D eigenvalue weighted by atomic mass is 10.1. The highest BCUT2D eigenvalue weighted by atomic mass is 31.1. The minimum absolute atomic E-state index is 0.211. The van der Waals surface area contributed by atoms with E-state index in [1.165, 1.54) is 0 Å². The number of hydrogen-bond donors (Lipinski definition) is 2. The van der Waals surface area contributed by atoms with E-state index in [9.17, 15) is 4.57 Å². The van der Waals surface area contributed by atoms with Crippen molar-refractivity contribution in [2.75, 3.05) is 0 Å². The molecular weight excluding hydrogens is 161 g/mol. The van der Waals surface area contributed by atoms with Crippen molar-refractivity contribution in [2.24, 2.45) is 11.7 Å². The van der Waals surface area contributed by atoms with Gasteiger partial charge in [-0.1, -0.05) is 20.3 Å². The van der Waals surface area contributed by atoms with E-state index in [4.69, 9.17) is 10.6 Å². The van der Waals surface area contributed by atoms with Crippen LogP contribution in [0.3, 0.4) is 0 Å². The summed E-state index contributed by atoms with van der Waals surface area (Å²) in [6.45, 7) is 3.84. The Bertz CT molecular complexity index is 185. The van der Waals surface area contributed by atoms with Crippen LogP contribution in [-0.4, -0.2) is 16.1 Å². The van der Waals surface area contributed by atoms with Crippen molar-refractivity contribution in [3.05, 3.63) is 0 Å². The van der Waals surface area contributed by atoms with Gasteiger partial charge in [-0.05, 0) is 12.3 Å². The van der Waals surface area contributed by atoms with Gasteiger partial charge < -0.3 is 10.6 Å². The van der Waals surface area contributed by atoms with Crippen LogP contribution in [0.25, 0.3) is 0 Å². The van der Waals surface area contributed by atoms with Crippen molar-refractivity contribution in [3.8, 4) is 0 Å². The van der Waals surface area contributed by atoms with Gasteiger partial charge >= 0.3 is 0 Å². The summed E-state index contributed by atoms with van der Waals surface area (Å²) in [6.07, 6.45) is 1.94. The normalized spacial score (nSPS) is 41.6. The summed E-state index contributed by atoms with van der Waals surface area (Å²) in [5.41, 5.74) is 5.38. The quantitative estimate of drug-likeness (QED) is 0.631. The average Bonchev–Trinajstić information content (AvgIpc) is 2.61. The summed E-state index contributed by atoms with van der Waals surface area (Å²) in [7, 11) is -2.42. The van der Waals surface area contributed by atoms with Gasteiger partial charge in [0.15, 0.2) is 8.03 Å². The Hall–Kier alpha value is 0.150. The third-order valence-electron chi connectivity index (χ3n) is 2.87. The molecule has 0 aliphatic heterocycles. The van der Waals surface area contributed by atoms with Crippen LogP contribution < -0.4 is 5.73 Å². The number of hydrogen-bond acceptors (Lipinski definition) is 2. The lowest BCUT2D eigenvalue weighted by Crippen LogP contribution is -2.35. The van der Waals surface area contributed by atoms with Crippen LogP contribution in [0.2, 0.25) is 0 Å². The molecule has 3 nitrogen and oxygen atoms in total. The Morgan fingerprint density at radius 3 is 2.73 bits per heavy atom. The van der Waals surface area contributed by atoms with Gasteiger partial charge in [0, 0.05) is 11.2 Å². The first kappa shape index (κ1) is 9.24. The van der Waals surface area contributed by atoms with E-state index in [0.29, 0.717) is 5.92 Å². The molecule has 1 fully saturated rings. The van der Waals surface area contributed by atoms with Crippen molar-refractivity contribution in [2.45, 2.75) is 37.9 Å². The van der Waals surface area contributed by atoms with Crippen LogP contribution in [0.5, 0.6) is 0 Å². The molecule has 1 aliphatic carbocycles. The molecule has 0 aromatic carbocycles. The molecule has 0 saturated heterocycles. The predicted octanol–water partition coefficient (Wildman–Crippen LogP) is 0.969. The molecular formula is C7H16NO2P. The molecule has 0 amide bonds. The average molecular weight is 177 g/mol.